The molecule has 3 rings (SSSR count). The maximum absolute atomic E-state index is 12.0. The lowest BCUT2D eigenvalue weighted by molar-refractivity contribution is -0.131. The third-order valence-electron chi connectivity index (χ3n) is 3.83. The van der Waals surface area contributed by atoms with Gasteiger partial charge in [0.2, 0.25) is 0 Å². The van der Waals surface area contributed by atoms with Crippen molar-refractivity contribution in [2.75, 3.05) is 13.2 Å². The number of rotatable bonds is 6. The summed E-state index contributed by atoms with van der Waals surface area (Å²) in [5.41, 5.74) is 4.55. The van der Waals surface area contributed by atoms with E-state index in [2.05, 4.69) is 58.6 Å². The SMILES string of the molecule is O=C(COc1ccc(Cl)cc1Br)NNC(=O)COc1ccc2cc(Br)ccc2c1Br. The first-order valence-electron chi connectivity index (χ1n) is 8.49. The molecular weight excluding hydrogens is 607 g/mol. The molecule has 30 heavy (non-hydrogen) atoms. The van der Waals surface area contributed by atoms with E-state index < -0.39 is 11.8 Å². The van der Waals surface area contributed by atoms with E-state index in [-0.39, 0.29) is 13.2 Å². The largest absolute Gasteiger partial charge is 0.483 e. The molecule has 0 unspecified atom stereocenters. The third-order valence-corrected chi connectivity index (χ3v) is 6.00. The van der Waals surface area contributed by atoms with Crippen LogP contribution in [0.1, 0.15) is 0 Å². The van der Waals surface area contributed by atoms with Gasteiger partial charge in [-0.1, -0.05) is 39.7 Å². The number of nitrogens with one attached hydrogen (secondary N) is 2. The summed E-state index contributed by atoms with van der Waals surface area (Å²) in [7, 11) is 0. The number of benzene rings is 3. The Balaban J connectivity index is 1.46. The summed E-state index contributed by atoms with van der Waals surface area (Å²) in [6, 6.07) is 14.4. The highest BCUT2D eigenvalue weighted by Gasteiger charge is 2.11. The molecule has 0 saturated carbocycles. The molecule has 0 aliphatic rings. The van der Waals surface area contributed by atoms with Crippen molar-refractivity contribution in [3.8, 4) is 11.5 Å². The van der Waals surface area contributed by atoms with E-state index in [0.29, 0.717) is 21.0 Å². The Hall–Kier alpha value is -1.81. The molecule has 0 bridgehead atoms. The average Bonchev–Trinajstić information content (AvgIpc) is 2.71. The molecule has 156 valence electrons. The molecule has 0 aromatic heterocycles. The fourth-order valence-corrected chi connectivity index (χ4v) is 4.23. The number of amides is 2. The number of fused-ring (bicyclic) bond motifs is 1. The van der Waals surface area contributed by atoms with Crippen LogP contribution in [-0.4, -0.2) is 25.0 Å². The zero-order valence-corrected chi connectivity index (χ0v) is 20.7. The Morgan fingerprint density at radius 3 is 2.13 bits per heavy atom. The lowest BCUT2D eigenvalue weighted by Gasteiger charge is -2.12. The van der Waals surface area contributed by atoms with Gasteiger partial charge in [0, 0.05) is 9.50 Å². The maximum Gasteiger partial charge on any atom is 0.276 e. The van der Waals surface area contributed by atoms with Gasteiger partial charge in [-0.3, -0.25) is 20.4 Å². The van der Waals surface area contributed by atoms with Crippen LogP contribution in [0.15, 0.2) is 61.9 Å². The summed E-state index contributed by atoms with van der Waals surface area (Å²) in [5, 5.41) is 2.51. The van der Waals surface area contributed by atoms with Crippen LogP contribution in [0.3, 0.4) is 0 Å². The monoisotopic (exact) mass is 618 g/mol. The van der Waals surface area contributed by atoms with Gasteiger partial charge in [0.15, 0.2) is 13.2 Å². The van der Waals surface area contributed by atoms with Crippen molar-refractivity contribution in [1.82, 2.24) is 10.9 Å². The lowest BCUT2D eigenvalue weighted by Crippen LogP contribution is -2.45. The highest BCUT2D eigenvalue weighted by atomic mass is 79.9. The topological polar surface area (TPSA) is 76.7 Å². The highest BCUT2D eigenvalue weighted by molar-refractivity contribution is 9.11. The van der Waals surface area contributed by atoms with E-state index in [1.54, 1.807) is 24.3 Å². The predicted molar refractivity (Wildman–Crippen MR) is 126 cm³/mol. The number of ether oxygens (including phenoxy) is 2. The minimum atomic E-state index is -0.525. The van der Waals surface area contributed by atoms with Crippen LogP contribution in [0, 0.1) is 0 Å². The van der Waals surface area contributed by atoms with Gasteiger partial charge in [0.05, 0.1) is 8.95 Å². The van der Waals surface area contributed by atoms with Gasteiger partial charge in [-0.2, -0.15) is 0 Å². The van der Waals surface area contributed by atoms with E-state index in [9.17, 15) is 9.59 Å². The van der Waals surface area contributed by atoms with Gasteiger partial charge in [0.25, 0.3) is 11.8 Å². The Morgan fingerprint density at radius 2 is 1.47 bits per heavy atom. The molecule has 2 N–H and O–H groups in total. The Labute approximate surface area is 202 Å². The molecule has 3 aromatic rings. The summed E-state index contributed by atoms with van der Waals surface area (Å²) in [6.07, 6.45) is 0. The molecule has 0 aliphatic carbocycles. The summed E-state index contributed by atoms with van der Waals surface area (Å²) in [6.45, 7) is -0.558. The predicted octanol–water partition coefficient (Wildman–Crippen LogP) is 5.39. The molecule has 10 heteroatoms. The third kappa shape index (κ3) is 6.10. The first-order valence-corrected chi connectivity index (χ1v) is 11.3. The Morgan fingerprint density at radius 1 is 0.833 bits per heavy atom. The average molecular weight is 622 g/mol. The van der Waals surface area contributed by atoms with Crippen molar-refractivity contribution < 1.29 is 19.1 Å². The van der Waals surface area contributed by atoms with Crippen molar-refractivity contribution in [3.05, 3.63) is 67.0 Å². The molecule has 0 spiro atoms. The van der Waals surface area contributed by atoms with Crippen LogP contribution in [-0.2, 0) is 9.59 Å². The van der Waals surface area contributed by atoms with Crippen LogP contribution >= 0.6 is 59.4 Å². The maximum atomic E-state index is 12.0. The quantitative estimate of drug-likeness (QED) is 0.363. The molecule has 0 radical (unpaired) electrons. The Kier molecular flexibility index (Phi) is 7.99. The number of hydrogen-bond acceptors (Lipinski definition) is 4. The lowest BCUT2D eigenvalue weighted by atomic mass is 10.1. The first kappa shape index (κ1) is 22.9. The normalized spacial score (nSPS) is 10.5. The van der Waals surface area contributed by atoms with Gasteiger partial charge in [-0.05, 0) is 79.0 Å². The van der Waals surface area contributed by atoms with Gasteiger partial charge < -0.3 is 9.47 Å². The summed E-state index contributed by atoms with van der Waals surface area (Å²) < 4.78 is 13.3. The minimum Gasteiger partial charge on any atom is -0.483 e. The van der Waals surface area contributed by atoms with Gasteiger partial charge in [-0.25, -0.2) is 0 Å². The minimum absolute atomic E-state index is 0.273. The Bertz CT molecular complexity index is 1110. The van der Waals surface area contributed by atoms with Gasteiger partial charge in [-0.15, -0.1) is 0 Å². The summed E-state index contributed by atoms with van der Waals surface area (Å²) >= 11 is 16.1. The van der Waals surface area contributed by atoms with Crippen LogP contribution in [0.2, 0.25) is 5.02 Å². The zero-order valence-electron chi connectivity index (χ0n) is 15.2. The molecule has 0 aliphatic heterocycles. The number of hydrazine groups is 1. The molecule has 0 saturated heterocycles. The van der Waals surface area contributed by atoms with Crippen molar-refractivity contribution in [1.29, 1.82) is 0 Å². The fourth-order valence-electron chi connectivity index (χ4n) is 2.44. The van der Waals surface area contributed by atoms with Crippen LogP contribution in [0.5, 0.6) is 11.5 Å². The second-order valence-corrected chi connectivity index (χ2v) is 8.99. The summed E-state index contributed by atoms with van der Waals surface area (Å²) in [5.74, 6) is -0.0684. The van der Waals surface area contributed by atoms with Gasteiger partial charge >= 0.3 is 0 Å². The molecule has 0 heterocycles. The van der Waals surface area contributed by atoms with E-state index in [1.807, 2.05) is 24.3 Å². The van der Waals surface area contributed by atoms with Gasteiger partial charge in [0.1, 0.15) is 11.5 Å². The fraction of sp³-hybridized carbons (Fsp3) is 0.100. The van der Waals surface area contributed by atoms with Crippen molar-refractivity contribution >= 4 is 82.0 Å². The van der Waals surface area contributed by atoms with Crippen molar-refractivity contribution in [3.63, 3.8) is 0 Å². The smallest absolute Gasteiger partial charge is 0.276 e. The molecule has 0 atom stereocenters. The van der Waals surface area contributed by atoms with Crippen molar-refractivity contribution in [2.24, 2.45) is 0 Å². The number of hydrogen-bond donors (Lipinski definition) is 2. The molecular formula is C20H14Br3ClN2O4. The van der Waals surface area contributed by atoms with E-state index >= 15 is 0 Å². The molecule has 2 amide bonds. The second-order valence-electron chi connectivity index (χ2n) is 5.99. The van der Waals surface area contributed by atoms with Crippen LogP contribution in [0.25, 0.3) is 10.8 Å². The molecule has 6 nitrogen and oxygen atoms in total. The number of halogens is 4. The van der Waals surface area contributed by atoms with Crippen LogP contribution in [0.4, 0.5) is 0 Å². The molecule has 3 aromatic carbocycles. The number of carbonyl (C=O) groups excluding carboxylic acids is 2. The summed E-state index contributed by atoms with van der Waals surface area (Å²) in [4.78, 5) is 23.8. The second kappa shape index (κ2) is 10.5. The van der Waals surface area contributed by atoms with E-state index in [4.69, 9.17) is 21.1 Å². The van der Waals surface area contributed by atoms with E-state index in [0.717, 1.165) is 19.7 Å². The molecule has 0 fully saturated rings. The van der Waals surface area contributed by atoms with Crippen molar-refractivity contribution in [2.45, 2.75) is 0 Å². The zero-order chi connectivity index (χ0) is 21.7. The first-order chi connectivity index (χ1) is 14.3. The van der Waals surface area contributed by atoms with Crippen LogP contribution < -0.4 is 20.3 Å². The van der Waals surface area contributed by atoms with E-state index in [1.165, 1.54) is 0 Å². The highest BCUT2D eigenvalue weighted by Crippen LogP contribution is 2.34. The number of carbonyl (C=O) groups is 2. The standard InChI is InChI=1S/C20H14Br3ClN2O4/c21-12-2-4-14-11(7-12)1-5-17(20(14)23)30-10-19(28)26-25-18(27)9-29-16-6-3-13(24)8-15(16)22/h1-8H,9-10H2,(H,25,27)(H,26,28).